The molecule has 0 aliphatic rings. The highest BCUT2D eigenvalue weighted by Gasteiger charge is 2.13. The highest BCUT2D eigenvalue weighted by atomic mass is 32.2. The minimum absolute atomic E-state index is 0.0479. The van der Waals surface area contributed by atoms with Gasteiger partial charge in [-0.25, -0.2) is 0 Å². The molecular weight excluding hydrogens is 190 g/mol. The van der Waals surface area contributed by atoms with Crippen LogP contribution >= 0.6 is 10.5 Å². The third-order valence-electron chi connectivity index (χ3n) is 1.98. The van der Waals surface area contributed by atoms with E-state index in [9.17, 15) is 0 Å². The molecule has 1 heterocycles. The molecule has 2 aromatic rings. The third-order valence-corrected chi connectivity index (χ3v) is 3.91. The molecule has 1 aromatic carbocycles. The molecule has 0 saturated carbocycles. The van der Waals surface area contributed by atoms with Crippen LogP contribution in [0.1, 0.15) is 4.88 Å². The summed E-state index contributed by atoms with van der Waals surface area (Å²) in [5.74, 6) is 2.71. The fourth-order valence-electron chi connectivity index (χ4n) is 1.28. The van der Waals surface area contributed by atoms with Crippen LogP contribution in [0.3, 0.4) is 0 Å². The summed E-state index contributed by atoms with van der Waals surface area (Å²) >= 11 is 0. The summed E-state index contributed by atoms with van der Waals surface area (Å²) in [5.41, 5.74) is 6.41. The van der Waals surface area contributed by atoms with Gasteiger partial charge in [0, 0.05) is 34.4 Å². The zero-order valence-electron chi connectivity index (χ0n) is 7.60. The summed E-state index contributed by atoms with van der Waals surface area (Å²) in [5, 5.41) is 2.13. The van der Waals surface area contributed by atoms with Crippen LogP contribution in [0.15, 0.2) is 41.8 Å². The van der Waals surface area contributed by atoms with Gasteiger partial charge < -0.3 is 5.73 Å². The van der Waals surface area contributed by atoms with E-state index < -0.39 is 0 Å². The lowest BCUT2D eigenvalue weighted by atomic mass is 10.3. The van der Waals surface area contributed by atoms with Gasteiger partial charge in [-0.1, -0.05) is 0 Å². The van der Waals surface area contributed by atoms with Gasteiger partial charge in [0.25, 0.3) is 0 Å². The number of thiophene rings is 1. The third kappa shape index (κ3) is 1.50. The van der Waals surface area contributed by atoms with Crippen molar-refractivity contribution in [1.82, 2.24) is 0 Å². The standard InChI is InChI=1S/C12H10NS/c1-2-11-4-3-9-14(11)12-7-5-10(13)6-8-12/h1,3-9H,13H2/q+1. The number of hydrogen-bond donors (Lipinski definition) is 1. The first-order chi connectivity index (χ1) is 6.81. The van der Waals surface area contributed by atoms with Gasteiger partial charge in [0.1, 0.15) is 5.38 Å². The van der Waals surface area contributed by atoms with Gasteiger partial charge in [-0.3, -0.25) is 0 Å². The maximum Gasteiger partial charge on any atom is 0.229 e. The molecule has 1 aromatic heterocycles. The van der Waals surface area contributed by atoms with E-state index in [0.29, 0.717) is 0 Å². The lowest BCUT2D eigenvalue weighted by Gasteiger charge is -1.92. The summed E-state index contributed by atoms with van der Waals surface area (Å²) in [7, 11) is -0.0479. The van der Waals surface area contributed by atoms with E-state index in [4.69, 9.17) is 12.2 Å². The molecule has 0 amide bonds. The molecule has 2 rings (SSSR count). The van der Waals surface area contributed by atoms with E-state index in [1.165, 1.54) is 4.90 Å². The van der Waals surface area contributed by atoms with E-state index in [0.717, 1.165) is 10.6 Å². The predicted octanol–water partition coefficient (Wildman–Crippen LogP) is 2.99. The highest BCUT2D eigenvalue weighted by Crippen LogP contribution is 2.34. The zero-order valence-corrected chi connectivity index (χ0v) is 8.42. The predicted molar refractivity (Wildman–Crippen MR) is 62.6 cm³/mol. The summed E-state index contributed by atoms with van der Waals surface area (Å²) in [6.45, 7) is 0. The molecule has 2 N–H and O–H groups in total. The van der Waals surface area contributed by atoms with Crippen molar-refractivity contribution in [3.63, 3.8) is 0 Å². The molecule has 0 saturated heterocycles. The van der Waals surface area contributed by atoms with Crippen LogP contribution in [0, 0.1) is 12.3 Å². The van der Waals surface area contributed by atoms with Crippen LogP contribution < -0.4 is 5.73 Å². The van der Waals surface area contributed by atoms with Crippen molar-refractivity contribution in [3.05, 3.63) is 46.7 Å². The van der Waals surface area contributed by atoms with Crippen molar-refractivity contribution in [2.45, 2.75) is 0 Å². The highest BCUT2D eigenvalue weighted by molar-refractivity contribution is 7.38. The SMILES string of the molecule is C#Cc1ccc[s+]1-c1ccc(N)cc1. The second kappa shape index (κ2) is 3.57. The number of benzene rings is 1. The largest absolute Gasteiger partial charge is 0.399 e. The Kier molecular flexibility index (Phi) is 2.26. The van der Waals surface area contributed by atoms with Gasteiger partial charge >= 0.3 is 0 Å². The molecule has 68 valence electrons. The lowest BCUT2D eigenvalue weighted by Crippen LogP contribution is -1.82. The smallest absolute Gasteiger partial charge is 0.229 e. The second-order valence-electron chi connectivity index (χ2n) is 2.91. The van der Waals surface area contributed by atoms with Gasteiger partial charge in [0.15, 0.2) is 4.90 Å². The Bertz CT molecular complexity index is 474. The Morgan fingerprint density at radius 3 is 2.50 bits per heavy atom. The Hall–Kier alpha value is -1.72. The van der Waals surface area contributed by atoms with Crippen LogP contribution in [0.5, 0.6) is 0 Å². The lowest BCUT2D eigenvalue weighted by molar-refractivity contribution is 1.72. The molecular formula is C12H10NS+. The minimum atomic E-state index is -0.0479. The first-order valence-electron chi connectivity index (χ1n) is 4.25. The molecule has 0 fully saturated rings. The molecule has 0 radical (unpaired) electrons. The molecule has 0 spiro atoms. The van der Waals surface area contributed by atoms with Crippen molar-refractivity contribution in [3.8, 4) is 17.2 Å². The normalized spacial score (nSPS) is 10.9. The molecule has 0 bridgehead atoms. The quantitative estimate of drug-likeness (QED) is 0.427. The molecule has 0 aliphatic heterocycles. The van der Waals surface area contributed by atoms with Crippen LogP contribution in [0.4, 0.5) is 5.69 Å². The van der Waals surface area contributed by atoms with Crippen LogP contribution in [0.25, 0.3) is 4.90 Å². The minimum Gasteiger partial charge on any atom is -0.399 e. The summed E-state index contributed by atoms with van der Waals surface area (Å²) in [6, 6.07) is 11.9. The zero-order chi connectivity index (χ0) is 9.97. The van der Waals surface area contributed by atoms with E-state index in [1.54, 1.807) is 0 Å². The fraction of sp³-hybridized carbons (Fsp3) is 0. The van der Waals surface area contributed by atoms with E-state index >= 15 is 0 Å². The number of nitrogens with two attached hydrogens (primary N) is 1. The van der Waals surface area contributed by atoms with Crippen LogP contribution in [-0.4, -0.2) is 0 Å². The average Bonchev–Trinajstić information content (AvgIpc) is 2.67. The molecule has 1 nitrogen and oxygen atoms in total. The first kappa shape index (κ1) is 8.86. The van der Waals surface area contributed by atoms with E-state index in [2.05, 4.69) is 11.3 Å². The summed E-state index contributed by atoms with van der Waals surface area (Å²) in [4.78, 5) is 2.26. The fourth-order valence-corrected chi connectivity index (χ4v) is 2.86. The van der Waals surface area contributed by atoms with Gasteiger partial charge in [0.05, 0.1) is 0 Å². The molecule has 14 heavy (non-hydrogen) atoms. The molecule has 0 aliphatic carbocycles. The Morgan fingerprint density at radius 2 is 1.86 bits per heavy atom. The Morgan fingerprint density at radius 1 is 1.14 bits per heavy atom. The monoisotopic (exact) mass is 200 g/mol. The number of hydrogen-bond acceptors (Lipinski definition) is 1. The maximum absolute atomic E-state index is 5.62. The Labute approximate surface area is 86.2 Å². The van der Waals surface area contributed by atoms with Gasteiger partial charge in [-0.15, -0.1) is 6.42 Å². The summed E-state index contributed by atoms with van der Waals surface area (Å²) in [6.07, 6.45) is 5.42. The average molecular weight is 200 g/mol. The topological polar surface area (TPSA) is 26.0 Å². The Balaban J connectivity index is 2.50. The number of terminal acetylenes is 1. The molecule has 1 unspecified atom stereocenters. The maximum atomic E-state index is 5.62. The van der Waals surface area contributed by atoms with E-state index in [-0.39, 0.29) is 10.5 Å². The first-order valence-corrected chi connectivity index (χ1v) is 5.54. The van der Waals surface area contributed by atoms with E-state index in [1.807, 2.05) is 36.4 Å². The van der Waals surface area contributed by atoms with Crippen molar-refractivity contribution in [2.24, 2.45) is 0 Å². The second-order valence-corrected chi connectivity index (χ2v) is 4.77. The van der Waals surface area contributed by atoms with Crippen molar-refractivity contribution in [1.29, 1.82) is 0 Å². The van der Waals surface area contributed by atoms with Gasteiger partial charge in [-0.05, 0) is 24.1 Å². The number of rotatable bonds is 1. The molecule has 2 heteroatoms. The van der Waals surface area contributed by atoms with Crippen LogP contribution in [-0.2, 0) is 0 Å². The van der Waals surface area contributed by atoms with Gasteiger partial charge in [0.2, 0.25) is 4.88 Å². The van der Waals surface area contributed by atoms with Crippen molar-refractivity contribution in [2.75, 3.05) is 5.73 Å². The van der Waals surface area contributed by atoms with Crippen molar-refractivity contribution < 1.29 is 0 Å². The summed E-state index contributed by atoms with van der Waals surface area (Å²) < 4.78 is 0. The number of anilines is 1. The van der Waals surface area contributed by atoms with Crippen molar-refractivity contribution >= 4 is 16.2 Å². The molecule has 1 atom stereocenters. The van der Waals surface area contributed by atoms with Crippen LogP contribution in [0.2, 0.25) is 0 Å². The van der Waals surface area contributed by atoms with Gasteiger partial charge in [-0.2, -0.15) is 0 Å². The number of nitrogen functional groups attached to an aromatic ring is 1.